The fourth-order valence-electron chi connectivity index (χ4n) is 1.12. The van der Waals surface area contributed by atoms with Gasteiger partial charge in [-0.1, -0.05) is 32.4 Å². The van der Waals surface area contributed by atoms with Crippen molar-refractivity contribution in [3.05, 3.63) is 22.8 Å². The summed E-state index contributed by atoms with van der Waals surface area (Å²) in [7, 11) is 0. The Morgan fingerprint density at radius 1 is 1.44 bits per heavy atom. The van der Waals surface area contributed by atoms with Gasteiger partial charge < -0.3 is 9.84 Å². The number of aliphatic hydroxyl groups excluding tert-OH is 1. The zero-order valence-corrected chi connectivity index (χ0v) is 10.7. The number of aromatic nitrogens is 1. The van der Waals surface area contributed by atoms with Crippen LogP contribution in [0, 0.1) is 5.41 Å². The molecule has 0 bridgehead atoms. The Balaban J connectivity index is 2.55. The van der Waals surface area contributed by atoms with Crippen LogP contribution in [-0.4, -0.2) is 16.7 Å². The third-order valence-corrected chi connectivity index (χ3v) is 2.52. The Morgan fingerprint density at radius 3 is 2.69 bits per heavy atom. The molecule has 0 radical (unpaired) electrons. The Labute approximate surface area is 101 Å². The summed E-state index contributed by atoms with van der Waals surface area (Å²) in [5.74, 6) is 0.512. The van der Waals surface area contributed by atoms with Gasteiger partial charge in [0.05, 0.1) is 18.2 Å². The topological polar surface area (TPSA) is 42.4 Å². The normalized spacial score (nSPS) is 11.6. The van der Waals surface area contributed by atoms with Crippen LogP contribution in [0.1, 0.15) is 32.8 Å². The molecule has 0 aromatic carbocycles. The summed E-state index contributed by atoms with van der Waals surface area (Å²) in [5, 5.41) is 9.49. The summed E-state index contributed by atoms with van der Waals surface area (Å²) in [6.45, 7) is 6.99. The van der Waals surface area contributed by atoms with Gasteiger partial charge in [-0.2, -0.15) is 0 Å². The van der Waals surface area contributed by atoms with Crippen LogP contribution >= 0.6 is 11.6 Å². The highest BCUT2D eigenvalue weighted by Gasteiger charge is 2.10. The van der Waals surface area contributed by atoms with Crippen molar-refractivity contribution in [1.29, 1.82) is 0 Å². The molecule has 0 saturated heterocycles. The van der Waals surface area contributed by atoms with Gasteiger partial charge in [0.1, 0.15) is 0 Å². The molecular weight excluding hydrogens is 226 g/mol. The first-order valence-corrected chi connectivity index (χ1v) is 5.68. The number of ether oxygens (including phenoxy) is 1. The van der Waals surface area contributed by atoms with E-state index in [1.165, 1.54) is 6.20 Å². The molecular formula is C12H18ClNO2. The summed E-state index contributed by atoms with van der Waals surface area (Å²) in [4.78, 5) is 4.04. The van der Waals surface area contributed by atoms with Gasteiger partial charge >= 0.3 is 0 Å². The first-order valence-electron chi connectivity index (χ1n) is 5.30. The number of rotatable bonds is 4. The lowest BCUT2D eigenvalue weighted by molar-refractivity contribution is 0.234. The van der Waals surface area contributed by atoms with Crippen LogP contribution in [0.4, 0.5) is 0 Å². The van der Waals surface area contributed by atoms with Gasteiger partial charge in [-0.05, 0) is 11.8 Å². The molecule has 0 aliphatic heterocycles. The highest BCUT2D eigenvalue weighted by Crippen LogP contribution is 2.21. The molecule has 0 aliphatic rings. The van der Waals surface area contributed by atoms with Gasteiger partial charge in [-0.15, -0.1) is 0 Å². The standard InChI is InChI=1S/C12H18ClNO2/c1-12(2,3)4-5-16-11-6-9(8-15)10(13)7-14-11/h6-7,15H,4-5,8H2,1-3H3. The number of halogens is 1. The Kier molecular flexibility index (Phi) is 4.56. The summed E-state index contributed by atoms with van der Waals surface area (Å²) in [6.07, 6.45) is 2.45. The van der Waals surface area contributed by atoms with Crippen LogP contribution in [0.15, 0.2) is 12.3 Å². The van der Waals surface area contributed by atoms with E-state index in [9.17, 15) is 0 Å². The van der Waals surface area contributed by atoms with Crippen LogP contribution < -0.4 is 4.74 Å². The molecule has 4 heteroatoms. The van der Waals surface area contributed by atoms with Crippen molar-refractivity contribution in [2.24, 2.45) is 5.41 Å². The molecule has 1 aromatic rings. The van der Waals surface area contributed by atoms with Gasteiger partial charge in [0.25, 0.3) is 0 Å². The van der Waals surface area contributed by atoms with E-state index in [4.69, 9.17) is 21.4 Å². The zero-order chi connectivity index (χ0) is 12.2. The van der Waals surface area contributed by atoms with E-state index in [1.807, 2.05) is 0 Å². The van der Waals surface area contributed by atoms with Gasteiger partial charge in [-0.3, -0.25) is 0 Å². The number of aliphatic hydroxyl groups is 1. The number of nitrogens with zero attached hydrogens (tertiary/aromatic N) is 1. The molecule has 1 heterocycles. The van der Waals surface area contributed by atoms with E-state index >= 15 is 0 Å². The molecule has 0 aliphatic carbocycles. The molecule has 0 fully saturated rings. The van der Waals surface area contributed by atoms with Gasteiger partial charge in [0.15, 0.2) is 0 Å². The fraction of sp³-hybridized carbons (Fsp3) is 0.583. The predicted octanol–water partition coefficient (Wildman–Crippen LogP) is 3.04. The van der Waals surface area contributed by atoms with Crippen LogP contribution in [0.3, 0.4) is 0 Å². The Bertz CT molecular complexity index is 347. The van der Waals surface area contributed by atoms with Gasteiger partial charge in [0, 0.05) is 17.8 Å². The minimum Gasteiger partial charge on any atom is -0.478 e. The molecule has 0 atom stereocenters. The second kappa shape index (κ2) is 5.51. The lowest BCUT2D eigenvalue weighted by Crippen LogP contribution is -2.11. The molecule has 1 rings (SSSR count). The smallest absolute Gasteiger partial charge is 0.213 e. The van der Waals surface area contributed by atoms with Gasteiger partial charge in [0.2, 0.25) is 5.88 Å². The molecule has 1 N–H and O–H groups in total. The Hall–Kier alpha value is -0.800. The fourth-order valence-corrected chi connectivity index (χ4v) is 1.28. The van der Waals surface area contributed by atoms with Crippen LogP contribution in [0.2, 0.25) is 5.02 Å². The average Bonchev–Trinajstić information content (AvgIpc) is 2.18. The predicted molar refractivity (Wildman–Crippen MR) is 64.7 cm³/mol. The van der Waals surface area contributed by atoms with Crippen LogP contribution in [-0.2, 0) is 6.61 Å². The molecule has 0 amide bonds. The maximum atomic E-state index is 9.03. The van der Waals surface area contributed by atoms with Crippen molar-refractivity contribution in [3.63, 3.8) is 0 Å². The molecule has 90 valence electrons. The number of hydrogen-bond acceptors (Lipinski definition) is 3. The first kappa shape index (κ1) is 13.3. The highest BCUT2D eigenvalue weighted by atomic mass is 35.5. The van der Waals surface area contributed by atoms with Crippen molar-refractivity contribution in [2.45, 2.75) is 33.8 Å². The van der Waals surface area contributed by atoms with E-state index in [-0.39, 0.29) is 12.0 Å². The summed E-state index contributed by atoms with van der Waals surface area (Å²) < 4.78 is 5.50. The largest absolute Gasteiger partial charge is 0.478 e. The summed E-state index contributed by atoms with van der Waals surface area (Å²) in [6, 6.07) is 1.67. The van der Waals surface area contributed by atoms with E-state index in [2.05, 4.69) is 25.8 Å². The molecule has 0 unspecified atom stereocenters. The van der Waals surface area contributed by atoms with Crippen molar-refractivity contribution in [3.8, 4) is 5.88 Å². The van der Waals surface area contributed by atoms with Crippen molar-refractivity contribution < 1.29 is 9.84 Å². The zero-order valence-electron chi connectivity index (χ0n) is 9.96. The van der Waals surface area contributed by atoms with E-state index in [0.717, 1.165) is 6.42 Å². The third kappa shape index (κ3) is 4.37. The van der Waals surface area contributed by atoms with Crippen molar-refractivity contribution >= 4 is 11.6 Å². The average molecular weight is 244 g/mol. The Morgan fingerprint density at radius 2 is 2.12 bits per heavy atom. The number of pyridine rings is 1. The van der Waals surface area contributed by atoms with Crippen molar-refractivity contribution in [1.82, 2.24) is 4.98 Å². The maximum Gasteiger partial charge on any atom is 0.213 e. The van der Waals surface area contributed by atoms with E-state index < -0.39 is 0 Å². The molecule has 1 aromatic heterocycles. The minimum absolute atomic E-state index is 0.100. The van der Waals surface area contributed by atoms with E-state index in [1.54, 1.807) is 6.07 Å². The van der Waals surface area contributed by atoms with Gasteiger partial charge in [-0.25, -0.2) is 4.98 Å². The second-order valence-corrected chi connectivity index (χ2v) is 5.34. The second-order valence-electron chi connectivity index (χ2n) is 4.93. The maximum absolute atomic E-state index is 9.03. The van der Waals surface area contributed by atoms with Crippen LogP contribution in [0.5, 0.6) is 5.88 Å². The third-order valence-electron chi connectivity index (χ3n) is 2.18. The molecule has 0 saturated carbocycles. The monoisotopic (exact) mass is 243 g/mol. The highest BCUT2D eigenvalue weighted by molar-refractivity contribution is 6.31. The lowest BCUT2D eigenvalue weighted by Gasteiger charge is -2.17. The summed E-state index contributed by atoms with van der Waals surface area (Å²) >= 11 is 5.82. The summed E-state index contributed by atoms with van der Waals surface area (Å²) in [5.41, 5.74) is 0.883. The SMILES string of the molecule is CC(C)(C)CCOc1cc(CO)c(Cl)cn1. The number of hydrogen-bond donors (Lipinski definition) is 1. The molecule has 0 spiro atoms. The van der Waals surface area contributed by atoms with E-state index in [0.29, 0.717) is 23.1 Å². The molecule has 16 heavy (non-hydrogen) atoms. The minimum atomic E-state index is -0.100. The van der Waals surface area contributed by atoms with Crippen molar-refractivity contribution in [2.75, 3.05) is 6.61 Å². The quantitative estimate of drug-likeness (QED) is 0.884. The van der Waals surface area contributed by atoms with Crippen LogP contribution in [0.25, 0.3) is 0 Å². The molecule has 3 nitrogen and oxygen atoms in total. The lowest BCUT2D eigenvalue weighted by atomic mass is 9.93. The first-order chi connectivity index (χ1) is 7.42.